The Bertz CT molecular complexity index is 759. The van der Waals surface area contributed by atoms with E-state index >= 15 is 0 Å². The molecule has 0 unspecified atom stereocenters. The predicted octanol–water partition coefficient (Wildman–Crippen LogP) is 1.88. The number of fused-ring (bicyclic) bond motifs is 1. The van der Waals surface area contributed by atoms with Crippen molar-refractivity contribution in [3.05, 3.63) is 36.4 Å². The quantitative estimate of drug-likeness (QED) is 0.363. The molecular formula is C19H25NaO4S. The van der Waals surface area contributed by atoms with E-state index in [2.05, 4.69) is 6.92 Å². The molecule has 0 amide bonds. The molecule has 0 N–H and O–H groups in total. The molecule has 132 valence electrons. The first-order valence-corrected chi connectivity index (χ1v) is 10.1. The van der Waals surface area contributed by atoms with Crippen LogP contribution >= 0.6 is 0 Å². The summed E-state index contributed by atoms with van der Waals surface area (Å²) in [6.45, 7) is 2.81. The molecule has 4 nitrogen and oxygen atoms in total. The molecule has 2 aromatic rings. The molecule has 0 saturated carbocycles. The zero-order valence-corrected chi connectivity index (χ0v) is 18.0. The average Bonchev–Trinajstić information content (AvgIpc) is 2.56. The Labute approximate surface area is 173 Å². The van der Waals surface area contributed by atoms with Crippen LogP contribution in [-0.2, 0) is 10.1 Å². The molecule has 0 fully saturated rings. The third kappa shape index (κ3) is 6.91. The summed E-state index contributed by atoms with van der Waals surface area (Å²) in [6.07, 6.45) is 8.46. The van der Waals surface area contributed by atoms with Crippen LogP contribution in [0.2, 0.25) is 0 Å². The monoisotopic (exact) mass is 372 g/mol. The van der Waals surface area contributed by atoms with Crippen molar-refractivity contribution in [3.8, 4) is 5.75 Å². The molecule has 0 aromatic heterocycles. The van der Waals surface area contributed by atoms with Crippen LogP contribution in [0.4, 0.5) is 0 Å². The van der Waals surface area contributed by atoms with E-state index in [-0.39, 0.29) is 34.5 Å². The second-order valence-electron chi connectivity index (χ2n) is 6.03. The van der Waals surface area contributed by atoms with Crippen molar-refractivity contribution >= 4 is 20.9 Å². The summed E-state index contributed by atoms with van der Waals surface area (Å²) < 4.78 is 39.9. The van der Waals surface area contributed by atoms with Gasteiger partial charge in [-0.1, -0.05) is 69.7 Å². The first kappa shape index (κ1) is 22.5. The first-order chi connectivity index (χ1) is 11.5. The second kappa shape index (κ2) is 11.2. The van der Waals surface area contributed by atoms with E-state index in [9.17, 15) is 13.0 Å². The second-order valence-corrected chi connectivity index (χ2v) is 7.38. The summed E-state index contributed by atoms with van der Waals surface area (Å²) in [6, 6.07) is 9.87. The maximum atomic E-state index is 11.4. The Balaban J connectivity index is 0.00000312. The third-order valence-electron chi connectivity index (χ3n) is 4.12. The minimum Gasteiger partial charge on any atom is -0.744 e. The Morgan fingerprint density at radius 2 is 1.48 bits per heavy atom. The molecule has 25 heavy (non-hydrogen) atoms. The average molecular weight is 372 g/mol. The van der Waals surface area contributed by atoms with Gasteiger partial charge in [0.25, 0.3) is 0 Å². The molecule has 2 rings (SSSR count). The fraction of sp³-hybridized carbons (Fsp3) is 0.474. The van der Waals surface area contributed by atoms with Crippen LogP contribution in [-0.4, -0.2) is 19.6 Å². The Morgan fingerprint density at radius 3 is 2.12 bits per heavy atom. The van der Waals surface area contributed by atoms with Gasteiger partial charge in [0.05, 0.1) is 11.5 Å². The van der Waals surface area contributed by atoms with E-state index in [4.69, 9.17) is 4.74 Å². The molecule has 0 bridgehead atoms. The van der Waals surface area contributed by atoms with Crippen molar-refractivity contribution in [1.82, 2.24) is 0 Å². The van der Waals surface area contributed by atoms with Gasteiger partial charge < -0.3 is 9.29 Å². The van der Waals surface area contributed by atoms with Gasteiger partial charge in [-0.2, -0.15) is 0 Å². The molecule has 0 radical (unpaired) electrons. The van der Waals surface area contributed by atoms with Gasteiger partial charge in [-0.05, 0) is 18.6 Å². The zero-order chi connectivity index (χ0) is 17.4. The predicted molar refractivity (Wildman–Crippen MR) is 95.4 cm³/mol. The standard InChI is InChI=1S/C19H26O4S.Na/c1-2-3-4-5-6-7-10-15-23-18-13-14-19(24(20,21)22)17-12-9-8-11-16(17)18;/h8-9,11-14H,2-7,10,15H2,1H3,(H,20,21,22);/q;+1/p-1. The molecule has 0 atom stereocenters. The number of rotatable bonds is 10. The van der Waals surface area contributed by atoms with Crippen molar-refractivity contribution in [2.45, 2.75) is 56.8 Å². The topological polar surface area (TPSA) is 66.4 Å². The zero-order valence-electron chi connectivity index (χ0n) is 15.2. The van der Waals surface area contributed by atoms with Crippen LogP contribution in [0.25, 0.3) is 10.8 Å². The van der Waals surface area contributed by atoms with Gasteiger partial charge in [0.2, 0.25) is 0 Å². The van der Waals surface area contributed by atoms with E-state index in [0.717, 1.165) is 12.8 Å². The first-order valence-electron chi connectivity index (χ1n) is 8.64. The van der Waals surface area contributed by atoms with Gasteiger partial charge in [-0.3, -0.25) is 0 Å². The van der Waals surface area contributed by atoms with Crippen molar-refractivity contribution in [2.75, 3.05) is 6.61 Å². The van der Waals surface area contributed by atoms with Gasteiger partial charge in [0.1, 0.15) is 15.9 Å². The van der Waals surface area contributed by atoms with Crippen LogP contribution in [0.3, 0.4) is 0 Å². The molecule has 6 heteroatoms. The number of hydrogen-bond donors (Lipinski definition) is 0. The molecule has 0 saturated heterocycles. The van der Waals surface area contributed by atoms with Gasteiger partial charge in [-0.15, -0.1) is 0 Å². The summed E-state index contributed by atoms with van der Waals surface area (Å²) >= 11 is 0. The molecule has 0 spiro atoms. The fourth-order valence-electron chi connectivity index (χ4n) is 2.83. The van der Waals surface area contributed by atoms with Crippen molar-refractivity contribution < 1.29 is 47.3 Å². The Kier molecular flexibility index (Phi) is 10.1. The summed E-state index contributed by atoms with van der Waals surface area (Å²) in [5, 5.41) is 1.09. The van der Waals surface area contributed by atoms with Crippen molar-refractivity contribution in [2.24, 2.45) is 0 Å². The summed E-state index contributed by atoms with van der Waals surface area (Å²) in [7, 11) is -4.49. The number of hydrogen-bond acceptors (Lipinski definition) is 4. The molecule has 0 aliphatic carbocycles. The molecule has 0 aliphatic rings. The smallest absolute Gasteiger partial charge is 0.744 e. The molecule has 0 aliphatic heterocycles. The number of unbranched alkanes of at least 4 members (excludes halogenated alkanes) is 6. The van der Waals surface area contributed by atoms with E-state index in [1.807, 2.05) is 6.07 Å². The normalized spacial score (nSPS) is 11.3. The summed E-state index contributed by atoms with van der Waals surface area (Å²) in [5.74, 6) is 0.629. The van der Waals surface area contributed by atoms with Gasteiger partial charge in [0, 0.05) is 10.8 Å². The third-order valence-corrected chi connectivity index (χ3v) is 5.01. The van der Waals surface area contributed by atoms with E-state index < -0.39 is 10.1 Å². The van der Waals surface area contributed by atoms with Crippen LogP contribution in [0, 0.1) is 0 Å². The fourth-order valence-corrected chi connectivity index (χ4v) is 3.51. The van der Waals surface area contributed by atoms with E-state index in [1.54, 1.807) is 24.3 Å². The summed E-state index contributed by atoms with van der Waals surface area (Å²) in [4.78, 5) is -0.193. The molecular weight excluding hydrogens is 347 g/mol. The van der Waals surface area contributed by atoms with Crippen LogP contribution in [0.1, 0.15) is 51.9 Å². The van der Waals surface area contributed by atoms with Gasteiger partial charge in [-0.25, -0.2) is 8.42 Å². The van der Waals surface area contributed by atoms with E-state index in [0.29, 0.717) is 23.1 Å². The number of benzene rings is 2. The SMILES string of the molecule is CCCCCCCCCOc1ccc(S(=O)(=O)[O-])c2ccccc12.[Na+]. The van der Waals surface area contributed by atoms with Crippen molar-refractivity contribution in [1.29, 1.82) is 0 Å². The number of ether oxygens (including phenoxy) is 1. The van der Waals surface area contributed by atoms with Crippen LogP contribution < -0.4 is 34.3 Å². The van der Waals surface area contributed by atoms with Crippen molar-refractivity contribution in [3.63, 3.8) is 0 Å². The largest absolute Gasteiger partial charge is 1.00 e. The van der Waals surface area contributed by atoms with Crippen LogP contribution in [0.5, 0.6) is 5.75 Å². The Hall–Kier alpha value is -0.590. The minimum atomic E-state index is -4.49. The summed E-state index contributed by atoms with van der Waals surface area (Å²) in [5.41, 5.74) is 0. The maximum Gasteiger partial charge on any atom is 1.00 e. The molecule has 2 aromatic carbocycles. The molecule has 0 heterocycles. The van der Waals surface area contributed by atoms with E-state index in [1.165, 1.54) is 38.2 Å². The minimum absolute atomic E-state index is 0. The van der Waals surface area contributed by atoms with Crippen LogP contribution in [0.15, 0.2) is 41.3 Å². The Morgan fingerprint density at radius 1 is 0.880 bits per heavy atom. The maximum absolute atomic E-state index is 11.4. The van der Waals surface area contributed by atoms with Gasteiger partial charge >= 0.3 is 29.6 Å². The van der Waals surface area contributed by atoms with Gasteiger partial charge in [0.15, 0.2) is 0 Å².